The number of fused-ring (bicyclic) bond motifs is 1. The van der Waals surface area contributed by atoms with E-state index in [-0.39, 0.29) is 41.4 Å². The van der Waals surface area contributed by atoms with Gasteiger partial charge in [-0.2, -0.15) is 9.30 Å². The van der Waals surface area contributed by atoms with Crippen molar-refractivity contribution in [3.63, 3.8) is 0 Å². The van der Waals surface area contributed by atoms with Crippen molar-refractivity contribution in [2.75, 3.05) is 26.8 Å². The predicted molar refractivity (Wildman–Crippen MR) is 133 cm³/mol. The van der Waals surface area contributed by atoms with Crippen molar-refractivity contribution in [1.82, 2.24) is 8.87 Å². The van der Waals surface area contributed by atoms with Crippen LogP contribution in [-0.4, -0.2) is 67.1 Å². The number of amides is 1. The lowest BCUT2D eigenvalue weighted by Crippen LogP contribution is -2.48. The lowest BCUT2D eigenvalue weighted by Gasteiger charge is -2.34. The van der Waals surface area contributed by atoms with E-state index in [1.54, 1.807) is 10.6 Å². The zero-order chi connectivity index (χ0) is 26.0. The van der Waals surface area contributed by atoms with Gasteiger partial charge in [-0.15, -0.1) is 0 Å². The molecule has 11 nitrogen and oxygen atoms in total. The van der Waals surface area contributed by atoms with Crippen molar-refractivity contribution in [2.24, 2.45) is 4.99 Å². The van der Waals surface area contributed by atoms with E-state index < -0.39 is 20.9 Å². The highest BCUT2D eigenvalue weighted by Gasteiger charge is 2.32. The number of ether oxygens (including phenoxy) is 2. The maximum Gasteiger partial charge on any atom is 0.279 e. The van der Waals surface area contributed by atoms with Gasteiger partial charge in [-0.05, 0) is 44.2 Å². The molecule has 0 N–H and O–H groups in total. The Kier molecular flexibility index (Phi) is 7.66. The molecule has 1 aliphatic rings. The van der Waals surface area contributed by atoms with Crippen LogP contribution in [0.25, 0.3) is 10.2 Å². The van der Waals surface area contributed by atoms with Crippen LogP contribution in [0.15, 0.2) is 52.4 Å². The SMILES string of the molecule is COCCn1c(=NC(=O)c2ccc(S(=O)(=O)N3CC(C)OC(C)C3)cc2)sc2ccc([N+](=O)[O-])cc21. The molecule has 3 aromatic rings. The number of carbonyl (C=O) groups excluding carboxylic acids is 1. The van der Waals surface area contributed by atoms with Gasteiger partial charge in [0.2, 0.25) is 10.0 Å². The number of sulfonamides is 1. The first kappa shape index (κ1) is 26.1. The van der Waals surface area contributed by atoms with Crippen molar-refractivity contribution < 1.29 is 27.6 Å². The lowest BCUT2D eigenvalue weighted by atomic mass is 10.2. The number of thiazole rings is 1. The Bertz CT molecular complexity index is 1450. The van der Waals surface area contributed by atoms with Crippen molar-refractivity contribution in [3.8, 4) is 0 Å². The summed E-state index contributed by atoms with van der Waals surface area (Å²) in [5.74, 6) is -0.556. The fourth-order valence-corrected chi connectivity index (χ4v) is 6.68. The smallest absolute Gasteiger partial charge is 0.279 e. The normalized spacial score (nSPS) is 19.6. The molecule has 0 bridgehead atoms. The van der Waals surface area contributed by atoms with E-state index in [0.29, 0.717) is 23.5 Å². The summed E-state index contributed by atoms with van der Waals surface area (Å²) in [6, 6.07) is 10.1. The Labute approximate surface area is 211 Å². The van der Waals surface area contributed by atoms with Gasteiger partial charge in [0.25, 0.3) is 11.6 Å². The van der Waals surface area contributed by atoms with Crippen LogP contribution in [0.3, 0.4) is 0 Å². The highest BCUT2D eigenvalue weighted by Crippen LogP contribution is 2.24. The summed E-state index contributed by atoms with van der Waals surface area (Å²) in [4.78, 5) is 28.4. The Morgan fingerprint density at radius 3 is 2.47 bits per heavy atom. The number of carbonyl (C=O) groups is 1. The molecule has 4 rings (SSSR count). The quantitative estimate of drug-likeness (QED) is 0.336. The summed E-state index contributed by atoms with van der Waals surface area (Å²) in [5, 5.41) is 11.2. The third kappa shape index (κ3) is 5.39. The molecule has 36 heavy (non-hydrogen) atoms. The van der Waals surface area contributed by atoms with Crippen LogP contribution in [0.1, 0.15) is 24.2 Å². The largest absolute Gasteiger partial charge is 0.383 e. The first-order chi connectivity index (χ1) is 17.1. The minimum atomic E-state index is -3.73. The molecule has 1 saturated heterocycles. The van der Waals surface area contributed by atoms with Gasteiger partial charge >= 0.3 is 0 Å². The molecule has 1 amide bonds. The van der Waals surface area contributed by atoms with Gasteiger partial charge in [-0.25, -0.2) is 8.42 Å². The second-order valence-electron chi connectivity index (χ2n) is 8.46. The second-order valence-corrected chi connectivity index (χ2v) is 11.4. The summed E-state index contributed by atoms with van der Waals surface area (Å²) in [6.45, 7) is 4.83. The van der Waals surface area contributed by atoms with Crippen LogP contribution in [0.5, 0.6) is 0 Å². The number of hydrogen-bond donors (Lipinski definition) is 0. The van der Waals surface area contributed by atoms with Gasteiger partial charge in [0, 0.05) is 44.4 Å². The molecule has 0 radical (unpaired) electrons. The molecule has 2 aromatic carbocycles. The molecule has 2 unspecified atom stereocenters. The van der Waals surface area contributed by atoms with Crippen molar-refractivity contribution >= 4 is 43.2 Å². The van der Waals surface area contributed by atoms with E-state index in [9.17, 15) is 23.3 Å². The average Bonchev–Trinajstić information content (AvgIpc) is 3.18. The van der Waals surface area contributed by atoms with Crippen LogP contribution in [0.4, 0.5) is 5.69 Å². The minimum Gasteiger partial charge on any atom is -0.383 e. The van der Waals surface area contributed by atoms with Crippen LogP contribution < -0.4 is 4.80 Å². The van der Waals surface area contributed by atoms with E-state index in [2.05, 4.69) is 4.99 Å². The number of non-ortho nitro benzene ring substituents is 1. The van der Waals surface area contributed by atoms with Gasteiger partial charge in [-0.1, -0.05) is 11.3 Å². The van der Waals surface area contributed by atoms with Gasteiger partial charge < -0.3 is 14.0 Å². The highest BCUT2D eigenvalue weighted by atomic mass is 32.2. The summed E-state index contributed by atoms with van der Waals surface area (Å²) in [5.41, 5.74) is 0.734. The summed E-state index contributed by atoms with van der Waals surface area (Å²) >= 11 is 1.23. The monoisotopic (exact) mass is 534 g/mol. The molecule has 192 valence electrons. The zero-order valence-electron chi connectivity index (χ0n) is 20.0. The van der Waals surface area contributed by atoms with Crippen molar-refractivity contribution in [1.29, 1.82) is 0 Å². The molecule has 2 atom stereocenters. The summed E-state index contributed by atoms with van der Waals surface area (Å²) < 4.78 is 40.7. The number of nitro benzene ring substituents is 1. The Hall–Kier alpha value is -2.97. The fraction of sp³-hybridized carbons (Fsp3) is 0.391. The molecular weight excluding hydrogens is 508 g/mol. The molecule has 0 saturated carbocycles. The average molecular weight is 535 g/mol. The number of nitro groups is 1. The van der Waals surface area contributed by atoms with Crippen LogP contribution in [-0.2, 0) is 26.0 Å². The number of aromatic nitrogens is 1. The van der Waals surface area contributed by atoms with E-state index in [0.717, 1.165) is 4.70 Å². The Morgan fingerprint density at radius 1 is 1.19 bits per heavy atom. The molecule has 1 fully saturated rings. The van der Waals surface area contributed by atoms with E-state index in [1.807, 2.05) is 13.8 Å². The summed E-state index contributed by atoms with van der Waals surface area (Å²) in [7, 11) is -2.20. The van der Waals surface area contributed by atoms with Gasteiger partial charge in [0.05, 0.1) is 38.9 Å². The maximum atomic E-state index is 13.1. The topological polar surface area (TPSA) is 133 Å². The molecule has 2 heterocycles. The van der Waals surface area contributed by atoms with E-state index >= 15 is 0 Å². The van der Waals surface area contributed by atoms with Crippen LogP contribution in [0.2, 0.25) is 0 Å². The standard InChI is InChI=1S/C23H26N4O7S2/c1-15-13-25(14-16(2)34-15)36(31,32)19-7-4-17(5-8-19)22(28)24-23-26(10-11-33-3)20-12-18(27(29)30)6-9-21(20)35-23/h4-9,12,15-16H,10-11,13-14H2,1-3H3. The van der Waals surface area contributed by atoms with Crippen LogP contribution >= 0.6 is 11.3 Å². The molecule has 13 heteroatoms. The van der Waals surface area contributed by atoms with Gasteiger partial charge in [0.15, 0.2) is 4.80 Å². The third-order valence-electron chi connectivity index (χ3n) is 5.72. The lowest BCUT2D eigenvalue weighted by molar-refractivity contribution is -0.384. The van der Waals surface area contributed by atoms with Gasteiger partial charge in [-0.3, -0.25) is 14.9 Å². The molecule has 0 spiro atoms. The number of methoxy groups -OCH3 is 1. The van der Waals surface area contributed by atoms with Crippen molar-refractivity contribution in [3.05, 3.63) is 62.9 Å². The Morgan fingerprint density at radius 2 is 1.86 bits per heavy atom. The molecule has 0 aliphatic carbocycles. The first-order valence-corrected chi connectivity index (χ1v) is 13.5. The predicted octanol–water partition coefficient (Wildman–Crippen LogP) is 2.80. The van der Waals surface area contributed by atoms with Crippen molar-refractivity contribution in [2.45, 2.75) is 37.5 Å². The Balaban J connectivity index is 1.65. The van der Waals surface area contributed by atoms with Gasteiger partial charge in [0.1, 0.15) is 0 Å². The molecule has 1 aliphatic heterocycles. The molecular formula is C23H26N4O7S2. The second kappa shape index (κ2) is 10.6. The summed E-state index contributed by atoms with van der Waals surface area (Å²) in [6.07, 6.45) is -0.425. The van der Waals surface area contributed by atoms with E-state index in [1.165, 1.54) is 59.2 Å². The third-order valence-corrected chi connectivity index (χ3v) is 8.62. The van der Waals surface area contributed by atoms with Crippen LogP contribution in [0, 0.1) is 10.1 Å². The maximum absolute atomic E-state index is 13.1. The molecule has 1 aromatic heterocycles. The number of benzene rings is 2. The zero-order valence-corrected chi connectivity index (χ0v) is 21.6. The number of nitrogens with zero attached hydrogens (tertiary/aromatic N) is 4. The number of hydrogen-bond acceptors (Lipinski definition) is 8. The highest BCUT2D eigenvalue weighted by molar-refractivity contribution is 7.89. The first-order valence-electron chi connectivity index (χ1n) is 11.2. The minimum absolute atomic E-state index is 0.0646. The van der Waals surface area contributed by atoms with E-state index in [4.69, 9.17) is 9.47 Å². The fourth-order valence-electron chi connectivity index (χ4n) is 4.05. The number of rotatable bonds is 7. The number of morpholine rings is 1.